The molecule has 0 saturated heterocycles. The zero-order valence-electron chi connectivity index (χ0n) is 17.6. The van der Waals surface area contributed by atoms with Crippen LogP contribution in [0.4, 0.5) is 10.5 Å². The van der Waals surface area contributed by atoms with Crippen LogP contribution in [0.15, 0.2) is 103 Å². The van der Waals surface area contributed by atoms with E-state index < -0.39 is 0 Å². The third-order valence-corrected chi connectivity index (χ3v) is 5.29. The Morgan fingerprint density at radius 2 is 1.61 bits per heavy atom. The smallest absolute Gasteiger partial charge is 0.325 e. The average Bonchev–Trinajstić information content (AvgIpc) is 2.98. The summed E-state index contributed by atoms with van der Waals surface area (Å²) in [4.78, 5) is 17.3. The Labute approximate surface area is 183 Å². The molecular weight excluding hydrogens is 384 g/mol. The molecule has 1 aliphatic heterocycles. The topological polar surface area (TPSA) is 32.8 Å². The molecule has 0 saturated carbocycles. The molecule has 3 aromatic carbocycles. The number of urea groups is 1. The number of carbonyl (C=O) groups is 1. The van der Waals surface area contributed by atoms with Gasteiger partial charge in [-0.2, -0.15) is 0 Å². The van der Waals surface area contributed by atoms with E-state index in [-0.39, 0.29) is 12.1 Å². The van der Waals surface area contributed by atoms with Crippen LogP contribution in [0.5, 0.6) is 5.75 Å². The highest BCUT2D eigenvalue weighted by Gasteiger charge is 2.28. The first-order valence-corrected chi connectivity index (χ1v) is 10.4. The highest BCUT2D eigenvalue weighted by molar-refractivity contribution is 5.94. The number of hydrogen-bond acceptors (Lipinski definition) is 2. The van der Waals surface area contributed by atoms with Gasteiger partial charge in [-0.15, -0.1) is 0 Å². The summed E-state index contributed by atoms with van der Waals surface area (Å²) >= 11 is 0. The number of rotatable bonds is 6. The zero-order chi connectivity index (χ0) is 21.5. The summed E-state index contributed by atoms with van der Waals surface area (Å²) in [6, 6.07) is 27.6. The number of para-hydroxylation sites is 1. The number of carbonyl (C=O) groups excluding carboxylic acids is 1. The van der Waals surface area contributed by atoms with E-state index >= 15 is 0 Å². The summed E-state index contributed by atoms with van der Waals surface area (Å²) in [7, 11) is 1.66. The van der Waals surface area contributed by atoms with Crippen LogP contribution in [-0.2, 0) is 6.54 Å². The van der Waals surface area contributed by atoms with Crippen molar-refractivity contribution in [1.29, 1.82) is 0 Å². The highest BCUT2D eigenvalue weighted by atomic mass is 16.5. The molecule has 3 aromatic rings. The van der Waals surface area contributed by atoms with Crippen LogP contribution < -0.4 is 9.64 Å². The van der Waals surface area contributed by atoms with E-state index in [1.54, 1.807) is 7.11 Å². The molecular formula is C27H26N2O2. The molecule has 0 bridgehead atoms. The first-order chi connectivity index (χ1) is 15.2. The van der Waals surface area contributed by atoms with Crippen molar-refractivity contribution in [3.8, 4) is 5.75 Å². The van der Waals surface area contributed by atoms with Crippen LogP contribution >= 0.6 is 0 Å². The van der Waals surface area contributed by atoms with Gasteiger partial charge < -0.3 is 9.64 Å². The van der Waals surface area contributed by atoms with Crippen molar-refractivity contribution in [3.05, 3.63) is 114 Å². The number of hydrogen-bond donors (Lipinski definition) is 0. The molecule has 156 valence electrons. The van der Waals surface area contributed by atoms with E-state index in [4.69, 9.17) is 4.74 Å². The fourth-order valence-corrected chi connectivity index (χ4v) is 3.65. The minimum Gasteiger partial charge on any atom is -0.497 e. The monoisotopic (exact) mass is 410 g/mol. The molecule has 1 unspecified atom stereocenters. The van der Waals surface area contributed by atoms with Gasteiger partial charge in [0.25, 0.3) is 0 Å². The molecule has 4 rings (SSSR count). The molecule has 1 heterocycles. The fraction of sp³-hybridized carbons (Fsp3) is 0.148. The second kappa shape index (κ2) is 9.81. The first-order valence-electron chi connectivity index (χ1n) is 10.4. The third kappa shape index (κ3) is 5.04. The van der Waals surface area contributed by atoms with Crippen molar-refractivity contribution in [2.75, 3.05) is 18.6 Å². The Balaban J connectivity index is 1.62. The van der Waals surface area contributed by atoms with Crippen LogP contribution in [-0.4, -0.2) is 30.6 Å². The summed E-state index contributed by atoms with van der Waals surface area (Å²) < 4.78 is 5.24. The van der Waals surface area contributed by atoms with Crippen molar-refractivity contribution >= 4 is 17.8 Å². The van der Waals surface area contributed by atoms with E-state index in [9.17, 15) is 4.79 Å². The molecule has 31 heavy (non-hydrogen) atoms. The number of methoxy groups -OCH3 is 1. The molecule has 0 aromatic heterocycles. The van der Waals surface area contributed by atoms with Crippen LogP contribution in [0.2, 0.25) is 0 Å². The minimum absolute atomic E-state index is 0.00978. The minimum atomic E-state index is -0.183. The van der Waals surface area contributed by atoms with Gasteiger partial charge in [-0.25, -0.2) is 4.79 Å². The Hall–Kier alpha value is -3.79. The van der Waals surface area contributed by atoms with Gasteiger partial charge >= 0.3 is 6.03 Å². The van der Waals surface area contributed by atoms with Gasteiger partial charge in [0.2, 0.25) is 0 Å². The molecule has 0 aliphatic carbocycles. The van der Waals surface area contributed by atoms with Crippen molar-refractivity contribution in [3.63, 3.8) is 0 Å². The van der Waals surface area contributed by atoms with Gasteiger partial charge in [-0.3, -0.25) is 4.90 Å². The molecule has 1 aliphatic rings. The SMILES string of the molecule is COc1ccc(/C=C/C2C=CCN(Cc3ccccc3)C(=O)N2c2ccccc2)cc1. The van der Waals surface area contributed by atoms with Crippen LogP contribution in [0.3, 0.4) is 0 Å². The van der Waals surface area contributed by atoms with Gasteiger partial charge in [-0.05, 0) is 35.4 Å². The lowest BCUT2D eigenvalue weighted by molar-refractivity contribution is 0.208. The summed E-state index contributed by atoms with van der Waals surface area (Å²) in [6.45, 7) is 1.15. The van der Waals surface area contributed by atoms with Crippen LogP contribution in [0.1, 0.15) is 11.1 Å². The van der Waals surface area contributed by atoms with Crippen molar-refractivity contribution in [1.82, 2.24) is 4.90 Å². The maximum Gasteiger partial charge on any atom is 0.325 e. The van der Waals surface area contributed by atoms with E-state index in [2.05, 4.69) is 30.4 Å². The Morgan fingerprint density at radius 3 is 2.29 bits per heavy atom. The van der Waals surface area contributed by atoms with Crippen molar-refractivity contribution < 1.29 is 9.53 Å². The Bertz CT molecular complexity index is 1040. The van der Waals surface area contributed by atoms with E-state index in [1.165, 1.54) is 0 Å². The lowest BCUT2D eigenvalue weighted by atomic mass is 10.1. The number of nitrogens with zero attached hydrogens (tertiary/aromatic N) is 2. The number of benzene rings is 3. The molecule has 4 heteroatoms. The molecule has 1 atom stereocenters. The lowest BCUT2D eigenvalue weighted by Crippen LogP contribution is -2.45. The average molecular weight is 411 g/mol. The van der Waals surface area contributed by atoms with Gasteiger partial charge in [0, 0.05) is 18.8 Å². The van der Waals surface area contributed by atoms with Crippen molar-refractivity contribution in [2.24, 2.45) is 0 Å². The zero-order valence-corrected chi connectivity index (χ0v) is 17.6. The standard InChI is InChI=1S/C27H26N2O2/c1-31-26-18-15-22(16-19-26)14-17-25-13-8-20-28(21-23-9-4-2-5-10-23)27(30)29(25)24-11-6-3-7-12-24/h2-19,25H,20-21H2,1H3/b17-14+. The Kier molecular flexibility index (Phi) is 6.48. The van der Waals surface area contributed by atoms with Crippen LogP contribution in [0.25, 0.3) is 6.08 Å². The van der Waals surface area contributed by atoms with Gasteiger partial charge in [0.15, 0.2) is 0 Å². The summed E-state index contributed by atoms with van der Waals surface area (Å²) in [5.41, 5.74) is 3.05. The van der Waals surface area contributed by atoms with E-state index in [0.29, 0.717) is 13.1 Å². The van der Waals surface area contributed by atoms with Gasteiger partial charge in [0.1, 0.15) is 5.75 Å². The fourth-order valence-electron chi connectivity index (χ4n) is 3.65. The number of ether oxygens (including phenoxy) is 1. The molecule has 0 N–H and O–H groups in total. The predicted octanol–water partition coefficient (Wildman–Crippen LogP) is 5.78. The third-order valence-electron chi connectivity index (χ3n) is 5.29. The van der Waals surface area contributed by atoms with Gasteiger partial charge in [0.05, 0.1) is 13.2 Å². The molecule has 0 radical (unpaired) electrons. The predicted molar refractivity (Wildman–Crippen MR) is 126 cm³/mol. The maximum absolute atomic E-state index is 13.6. The molecule has 2 amide bonds. The van der Waals surface area contributed by atoms with Crippen molar-refractivity contribution in [2.45, 2.75) is 12.6 Å². The molecule has 0 spiro atoms. The van der Waals surface area contributed by atoms with Crippen LogP contribution in [0, 0.1) is 0 Å². The first kappa shape index (κ1) is 20.5. The quantitative estimate of drug-likeness (QED) is 0.483. The highest BCUT2D eigenvalue weighted by Crippen LogP contribution is 2.24. The maximum atomic E-state index is 13.6. The van der Waals surface area contributed by atoms with E-state index in [1.807, 2.05) is 88.7 Å². The number of anilines is 1. The van der Waals surface area contributed by atoms with E-state index in [0.717, 1.165) is 22.6 Å². The summed E-state index contributed by atoms with van der Waals surface area (Å²) in [6.07, 6.45) is 8.28. The Morgan fingerprint density at radius 1 is 0.935 bits per heavy atom. The molecule has 0 fully saturated rings. The summed E-state index contributed by atoms with van der Waals surface area (Å²) in [5.74, 6) is 0.823. The van der Waals surface area contributed by atoms with Gasteiger partial charge in [-0.1, -0.05) is 85.0 Å². The largest absolute Gasteiger partial charge is 0.497 e. The lowest BCUT2D eigenvalue weighted by Gasteiger charge is -2.31. The normalized spacial score (nSPS) is 16.5. The second-order valence-corrected chi connectivity index (χ2v) is 7.41. The summed E-state index contributed by atoms with van der Waals surface area (Å²) in [5, 5.41) is 0. The molecule has 4 nitrogen and oxygen atoms in total. The number of amides is 2. The second-order valence-electron chi connectivity index (χ2n) is 7.41.